The number of hydrogen-bond acceptors (Lipinski definition) is 11. The van der Waals surface area contributed by atoms with Crippen molar-refractivity contribution in [3.8, 4) is 17.6 Å². The van der Waals surface area contributed by atoms with E-state index in [0.717, 1.165) is 57.8 Å². The van der Waals surface area contributed by atoms with Crippen molar-refractivity contribution in [1.82, 2.24) is 15.2 Å². The highest BCUT2D eigenvalue weighted by Crippen LogP contribution is 2.55. The van der Waals surface area contributed by atoms with Gasteiger partial charge in [0.25, 0.3) is 5.91 Å². The molecule has 1 saturated carbocycles. The van der Waals surface area contributed by atoms with Gasteiger partial charge >= 0.3 is 11.9 Å². The van der Waals surface area contributed by atoms with Crippen LogP contribution in [0.4, 0.5) is 5.82 Å². The average Bonchev–Trinajstić information content (AvgIpc) is 3.17. The third kappa shape index (κ3) is 9.25. The molecule has 0 unspecified atom stereocenters. The van der Waals surface area contributed by atoms with Gasteiger partial charge in [0, 0.05) is 55.3 Å². The molecule has 2 aromatic carbocycles. The smallest absolute Gasteiger partial charge is 0.338 e. The van der Waals surface area contributed by atoms with Crippen LogP contribution >= 0.6 is 11.6 Å². The number of nitrogens with one attached hydrogen (secondary N) is 1. The molecule has 1 amide bonds. The standard InChI is InChI=1S/C41H50ClN5O7/c1-40(2)38(41(3,4)39(40)54-31-12-10-27(25-43)33(42)24-31)45-36(49)28-11-15-34(44-26-28)47-19-17-46(18-20-47)16-8-7-9-21-53-30-13-14-32(37(50)52-6)29(22-30)23-35(48)51-5/h10-15,22,24,26,38-39H,7-9,16-21,23H2,1-6H3,(H,45,49)/t38-,39-. The van der Waals surface area contributed by atoms with E-state index in [1.165, 1.54) is 14.2 Å². The lowest BCUT2D eigenvalue weighted by atomic mass is 9.49. The van der Waals surface area contributed by atoms with Gasteiger partial charge in [0.2, 0.25) is 0 Å². The number of carbonyl (C=O) groups is 3. The number of methoxy groups -OCH3 is 2. The van der Waals surface area contributed by atoms with Crippen LogP contribution < -0.4 is 19.7 Å². The molecule has 1 aliphatic carbocycles. The van der Waals surface area contributed by atoms with Crippen molar-refractivity contribution in [2.75, 3.05) is 58.5 Å². The summed E-state index contributed by atoms with van der Waals surface area (Å²) in [6, 6.07) is 15.8. The first-order valence-electron chi connectivity index (χ1n) is 18.3. The molecule has 2 fully saturated rings. The van der Waals surface area contributed by atoms with Gasteiger partial charge in [0.15, 0.2) is 0 Å². The Morgan fingerprint density at radius 3 is 2.28 bits per heavy atom. The highest BCUT2D eigenvalue weighted by atomic mass is 35.5. The zero-order valence-corrected chi connectivity index (χ0v) is 32.7. The molecule has 12 nitrogen and oxygen atoms in total. The number of nitriles is 1. The second kappa shape index (κ2) is 17.5. The number of piperazine rings is 1. The molecular formula is C41H50ClN5O7. The van der Waals surface area contributed by atoms with E-state index >= 15 is 0 Å². The number of anilines is 1. The maximum absolute atomic E-state index is 13.4. The highest BCUT2D eigenvalue weighted by molar-refractivity contribution is 6.31. The fourth-order valence-electron chi connectivity index (χ4n) is 7.87. The van der Waals surface area contributed by atoms with Gasteiger partial charge in [-0.3, -0.25) is 14.5 Å². The van der Waals surface area contributed by atoms with Gasteiger partial charge in [-0.1, -0.05) is 39.3 Å². The molecule has 5 rings (SSSR count). The number of benzene rings is 2. The van der Waals surface area contributed by atoms with E-state index in [4.69, 9.17) is 30.5 Å². The van der Waals surface area contributed by atoms with E-state index in [9.17, 15) is 19.6 Å². The number of ether oxygens (including phenoxy) is 4. The van der Waals surface area contributed by atoms with Crippen LogP contribution in [0.15, 0.2) is 54.7 Å². The Morgan fingerprint density at radius 1 is 0.926 bits per heavy atom. The van der Waals surface area contributed by atoms with Crippen molar-refractivity contribution in [3.05, 3.63) is 82.0 Å². The number of carbonyl (C=O) groups excluding carboxylic acids is 3. The Balaban J connectivity index is 1.02. The predicted molar refractivity (Wildman–Crippen MR) is 205 cm³/mol. The summed E-state index contributed by atoms with van der Waals surface area (Å²) in [4.78, 5) is 46.7. The fourth-order valence-corrected chi connectivity index (χ4v) is 8.08. The van der Waals surface area contributed by atoms with Crippen LogP contribution in [0.25, 0.3) is 0 Å². The first kappa shape index (κ1) is 40.3. The molecule has 1 saturated heterocycles. The van der Waals surface area contributed by atoms with Gasteiger partial charge in [-0.05, 0) is 73.8 Å². The topological polar surface area (TPSA) is 143 Å². The van der Waals surface area contributed by atoms with Crippen LogP contribution in [0.5, 0.6) is 11.5 Å². The Labute approximate surface area is 322 Å². The van der Waals surface area contributed by atoms with Crippen LogP contribution in [-0.4, -0.2) is 93.4 Å². The molecule has 1 N–H and O–H groups in total. The van der Waals surface area contributed by atoms with E-state index in [1.807, 2.05) is 12.1 Å². The van der Waals surface area contributed by atoms with Crippen molar-refractivity contribution in [2.45, 2.75) is 65.5 Å². The number of esters is 2. The van der Waals surface area contributed by atoms with E-state index in [0.29, 0.717) is 45.4 Å². The highest BCUT2D eigenvalue weighted by Gasteiger charge is 2.64. The minimum Gasteiger partial charge on any atom is -0.494 e. The maximum Gasteiger partial charge on any atom is 0.338 e. The molecule has 54 heavy (non-hydrogen) atoms. The van der Waals surface area contributed by atoms with Crippen molar-refractivity contribution in [3.63, 3.8) is 0 Å². The van der Waals surface area contributed by atoms with Gasteiger partial charge in [0.05, 0.1) is 49.0 Å². The minimum absolute atomic E-state index is 0.0418. The molecule has 1 aliphatic heterocycles. The Morgan fingerprint density at radius 2 is 1.65 bits per heavy atom. The summed E-state index contributed by atoms with van der Waals surface area (Å²) in [6.07, 6.45) is 4.36. The van der Waals surface area contributed by atoms with Crippen LogP contribution in [0.3, 0.4) is 0 Å². The number of pyridine rings is 1. The maximum atomic E-state index is 13.4. The Hall–Kier alpha value is -4.86. The van der Waals surface area contributed by atoms with Crippen molar-refractivity contribution in [1.29, 1.82) is 5.26 Å². The van der Waals surface area contributed by atoms with Crippen molar-refractivity contribution in [2.24, 2.45) is 10.8 Å². The summed E-state index contributed by atoms with van der Waals surface area (Å²) in [6.45, 7) is 13.4. The summed E-state index contributed by atoms with van der Waals surface area (Å²) < 4.78 is 21.9. The molecule has 0 atom stereocenters. The second-order valence-corrected chi connectivity index (χ2v) is 15.4. The summed E-state index contributed by atoms with van der Waals surface area (Å²) in [5.41, 5.74) is 1.01. The molecule has 1 aromatic heterocycles. The summed E-state index contributed by atoms with van der Waals surface area (Å²) in [5.74, 6) is 0.921. The molecule has 288 valence electrons. The molecule has 2 aliphatic rings. The summed E-state index contributed by atoms with van der Waals surface area (Å²) in [7, 11) is 2.61. The van der Waals surface area contributed by atoms with Gasteiger partial charge in [-0.25, -0.2) is 9.78 Å². The van der Waals surface area contributed by atoms with Gasteiger partial charge in [-0.2, -0.15) is 5.26 Å². The fraction of sp³-hybridized carbons (Fsp3) is 0.488. The molecule has 3 aromatic rings. The summed E-state index contributed by atoms with van der Waals surface area (Å²) >= 11 is 6.23. The van der Waals surface area contributed by atoms with Gasteiger partial charge in [0.1, 0.15) is 29.5 Å². The number of hydrogen-bond donors (Lipinski definition) is 1. The number of nitrogens with zero attached hydrogens (tertiary/aromatic N) is 4. The quantitative estimate of drug-likeness (QED) is 0.142. The third-order valence-corrected chi connectivity index (χ3v) is 10.9. The van der Waals surface area contributed by atoms with Crippen molar-refractivity contribution < 1.29 is 33.3 Å². The number of aromatic nitrogens is 1. The zero-order chi connectivity index (χ0) is 39.0. The zero-order valence-electron chi connectivity index (χ0n) is 31.9. The predicted octanol–water partition coefficient (Wildman–Crippen LogP) is 6.09. The lowest BCUT2D eigenvalue weighted by molar-refractivity contribution is -0.164. The normalized spacial score (nSPS) is 18.8. The minimum atomic E-state index is -0.510. The molecular weight excluding hydrogens is 710 g/mol. The summed E-state index contributed by atoms with van der Waals surface area (Å²) in [5, 5.41) is 12.8. The van der Waals surface area contributed by atoms with Crippen LogP contribution in [0, 0.1) is 22.2 Å². The van der Waals surface area contributed by atoms with E-state index in [2.05, 4.69) is 53.9 Å². The van der Waals surface area contributed by atoms with E-state index in [1.54, 1.807) is 42.6 Å². The second-order valence-electron chi connectivity index (χ2n) is 15.0. The van der Waals surface area contributed by atoms with Crippen LogP contribution in [0.2, 0.25) is 5.02 Å². The van der Waals surface area contributed by atoms with Crippen LogP contribution in [-0.2, 0) is 20.7 Å². The van der Waals surface area contributed by atoms with Crippen molar-refractivity contribution >= 4 is 35.3 Å². The Kier molecular flexibility index (Phi) is 13.1. The van der Waals surface area contributed by atoms with Gasteiger partial charge in [-0.15, -0.1) is 0 Å². The first-order chi connectivity index (χ1) is 25.8. The third-order valence-electron chi connectivity index (χ3n) is 10.6. The molecule has 0 radical (unpaired) electrons. The SMILES string of the molecule is COC(=O)Cc1cc(OCCCCCN2CCN(c3ccc(C(=O)N[C@H]4C(C)(C)[C@H](Oc5ccc(C#N)c(Cl)c5)C4(C)C)cn3)CC2)ccc1C(=O)OC. The monoisotopic (exact) mass is 759 g/mol. The average molecular weight is 760 g/mol. The van der Waals surface area contributed by atoms with Gasteiger partial charge < -0.3 is 29.2 Å². The van der Waals surface area contributed by atoms with E-state index < -0.39 is 11.9 Å². The molecule has 0 spiro atoms. The molecule has 2 heterocycles. The lowest BCUT2D eigenvalue weighted by Crippen LogP contribution is -2.74. The molecule has 0 bridgehead atoms. The van der Waals surface area contributed by atoms with E-state index in [-0.39, 0.29) is 35.3 Å². The molecule has 13 heteroatoms. The number of amides is 1. The largest absolute Gasteiger partial charge is 0.494 e. The lowest BCUT2D eigenvalue weighted by Gasteiger charge is -2.63. The first-order valence-corrected chi connectivity index (χ1v) is 18.7. The number of rotatable bonds is 15. The van der Waals surface area contributed by atoms with Crippen LogP contribution in [0.1, 0.15) is 78.8 Å². The number of halogens is 1. The number of unbranched alkanes of at least 4 members (excludes halogenated alkanes) is 2. The Bertz CT molecular complexity index is 1840.